The molecule has 0 heterocycles. The molecule has 0 aliphatic rings. The maximum absolute atomic E-state index is 11.1. The van der Waals surface area contributed by atoms with Crippen LogP contribution < -0.4 is 10.6 Å². The fourth-order valence-corrected chi connectivity index (χ4v) is 0.678. The summed E-state index contributed by atoms with van der Waals surface area (Å²) in [4.78, 5) is 22.0. The van der Waals surface area contributed by atoms with Gasteiger partial charge >= 0.3 is 0 Å². The number of methoxy groups -OCH3 is 1. The first kappa shape index (κ1) is 11.9. The lowest BCUT2D eigenvalue weighted by Gasteiger charge is -2.09. The molecule has 0 aromatic heterocycles. The van der Waals surface area contributed by atoms with Crippen LogP contribution >= 0.6 is 0 Å². The summed E-state index contributed by atoms with van der Waals surface area (Å²) in [6, 6.07) is 0. The second kappa shape index (κ2) is 6.42. The molecule has 0 bridgehead atoms. The molecular weight excluding hydrogens is 172 g/mol. The van der Waals surface area contributed by atoms with Crippen molar-refractivity contribution < 1.29 is 14.3 Å². The number of carbonyl (C=O) groups excluding carboxylic acids is 2. The number of hydrogen-bond donors (Lipinski definition) is 2. The third-order valence-electron chi connectivity index (χ3n) is 1.52. The lowest BCUT2D eigenvalue weighted by Crippen LogP contribution is -2.41. The number of amides is 2. The predicted molar refractivity (Wildman–Crippen MR) is 48.2 cm³/mol. The van der Waals surface area contributed by atoms with E-state index < -0.39 is 6.10 Å². The Morgan fingerprint density at radius 2 is 2.00 bits per heavy atom. The molecule has 2 N–H and O–H groups in total. The molecule has 0 saturated carbocycles. The molecule has 1 unspecified atom stereocenters. The van der Waals surface area contributed by atoms with Crippen LogP contribution in [0.3, 0.4) is 0 Å². The minimum atomic E-state index is -0.519. The Morgan fingerprint density at radius 3 is 2.46 bits per heavy atom. The number of ether oxygens (including phenoxy) is 1. The molecule has 0 rings (SSSR count). The highest BCUT2D eigenvalue weighted by Crippen LogP contribution is 1.85. The first-order valence-corrected chi connectivity index (χ1v) is 4.19. The van der Waals surface area contributed by atoms with E-state index >= 15 is 0 Å². The van der Waals surface area contributed by atoms with Gasteiger partial charge in [0.15, 0.2) is 0 Å². The van der Waals surface area contributed by atoms with Gasteiger partial charge in [-0.3, -0.25) is 9.59 Å². The smallest absolute Gasteiger partial charge is 0.249 e. The summed E-state index contributed by atoms with van der Waals surface area (Å²) >= 11 is 0. The summed E-state index contributed by atoms with van der Waals surface area (Å²) in [5, 5.41) is 5.01. The van der Waals surface area contributed by atoms with Crippen molar-refractivity contribution in [3.05, 3.63) is 0 Å². The van der Waals surface area contributed by atoms with Gasteiger partial charge in [0.05, 0.1) is 6.54 Å². The highest BCUT2D eigenvalue weighted by Gasteiger charge is 2.11. The lowest BCUT2D eigenvalue weighted by molar-refractivity contribution is -0.132. The van der Waals surface area contributed by atoms with Gasteiger partial charge in [-0.1, -0.05) is 0 Å². The molecule has 0 spiro atoms. The van der Waals surface area contributed by atoms with Crippen molar-refractivity contribution in [1.29, 1.82) is 0 Å². The normalized spacial score (nSPS) is 11.9. The Balaban J connectivity index is 3.63. The van der Waals surface area contributed by atoms with E-state index in [1.54, 1.807) is 6.92 Å². The molecule has 0 aromatic carbocycles. The number of carbonyl (C=O) groups is 2. The summed E-state index contributed by atoms with van der Waals surface area (Å²) in [7, 11) is 1.44. The Morgan fingerprint density at radius 1 is 1.38 bits per heavy atom. The molecule has 1 atom stereocenters. The SMILES string of the molecule is CCNC(=O)CNC(=O)C(C)OC. The molecule has 0 radical (unpaired) electrons. The second-order valence-corrected chi connectivity index (χ2v) is 2.55. The number of likely N-dealkylation sites (N-methyl/N-ethyl adjacent to an activating group) is 1. The highest BCUT2D eigenvalue weighted by molar-refractivity contribution is 5.86. The zero-order valence-corrected chi connectivity index (χ0v) is 8.22. The van der Waals surface area contributed by atoms with Gasteiger partial charge in [-0.2, -0.15) is 0 Å². The summed E-state index contributed by atoms with van der Waals surface area (Å²) < 4.78 is 4.76. The summed E-state index contributed by atoms with van der Waals surface area (Å²) in [5.41, 5.74) is 0. The van der Waals surface area contributed by atoms with Crippen LogP contribution in [0.15, 0.2) is 0 Å². The maximum atomic E-state index is 11.1. The van der Waals surface area contributed by atoms with Crippen molar-refractivity contribution >= 4 is 11.8 Å². The van der Waals surface area contributed by atoms with Crippen molar-refractivity contribution in [2.45, 2.75) is 20.0 Å². The van der Waals surface area contributed by atoms with Crippen LogP contribution in [0.4, 0.5) is 0 Å². The van der Waals surface area contributed by atoms with Gasteiger partial charge in [0.1, 0.15) is 6.10 Å². The van der Waals surface area contributed by atoms with Crippen LogP contribution in [0.1, 0.15) is 13.8 Å². The topological polar surface area (TPSA) is 67.4 Å². The van der Waals surface area contributed by atoms with Crippen LogP contribution in [0, 0.1) is 0 Å². The van der Waals surface area contributed by atoms with Crippen molar-refractivity contribution in [1.82, 2.24) is 10.6 Å². The van der Waals surface area contributed by atoms with E-state index in [0.717, 1.165) is 0 Å². The molecule has 0 aliphatic heterocycles. The molecule has 0 aliphatic carbocycles. The van der Waals surface area contributed by atoms with E-state index in [1.807, 2.05) is 6.92 Å². The molecule has 76 valence electrons. The van der Waals surface area contributed by atoms with E-state index in [2.05, 4.69) is 10.6 Å². The highest BCUT2D eigenvalue weighted by atomic mass is 16.5. The Kier molecular flexibility index (Phi) is 5.88. The molecule has 0 aromatic rings. The van der Waals surface area contributed by atoms with E-state index in [9.17, 15) is 9.59 Å². The minimum Gasteiger partial charge on any atom is -0.372 e. The van der Waals surface area contributed by atoms with Gasteiger partial charge in [-0.15, -0.1) is 0 Å². The van der Waals surface area contributed by atoms with E-state index in [-0.39, 0.29) is 18.4 Å². The largest absolute Gasteiger partial charge is 0.372 e. The molecule has 5 nitrogen and oxygen atoms in total. The fourth-order valence-electron chi connectivity index (χ4n) is 0.678. The molecule has 5 heteroatoms. The molecule has 0 fully saturated rings. The Hall–Kier alpha value is -1.10. The fraction of sp³-hybridized carbons (Fsp3) is 0.750. The van der Waals surface area contributed by atoms with Crippen LogP contribution in [0.2, 0.25) is 0 Å². The van der Waals surface area contributed by atoms with Crippen molar-refractivity contribution in [2.24, 2.45) is 0 Å². The van der Waals surface area contributed by atoms with Crippen molar-refractivity contribution in [2.75, 3.05) is 20.2 Å². The molecular formula is C8H16N2O3. The van der Waals surface area contributed by atoms with Gasteiger partial charge in [-0.25, -0.2) is 0 Å². The Labute approximate surface area is 77.8 Å². The molecule has 2 amide bonds. The van der Waals surface area contributed by atoms with Gasteiger partial charge in [0.2, 0.25) is 11.8 Å². The maximum Gasteiger partial charge on any atom is 0.249 e. The lowest BCUT2D eigenvalue weighted by atomic mass is 10.4. The zero-order chi connectivity index (χ0) is 10.3. The zero-order valence-electron chi connectivity index (χ0n) is 8.22. The van der Waals surface area contributed by atoms with Crippen LogP contribution in [0.25, 0.3) is 0 Å². The number of nitrogens with one attached hydrogen (secondary N) is 2. The number of rotatable bonds is 5. The quantitative estimate of drug-likeness (QED) is 0.598. The van der Waals surface area contributed by atoms with Crippen molar-refractivity contribution in [3.8, 4) is 0 Å². The van der Waals surface area contributed by atoms with Crippen LogP contribution in [-0.4, -0.2) is 38.1 Å². The van der Waals surface area contributed by atoms with Gasteiger partial charge in [0, 0.05) is 13.7 Å². The van der Waals surface area contributed by atoms with Crippen LogP contribution in [0.5, 0.6) is 0 Å². The first-order valence-electron chi connectivity index (χ1n) is 4.19. The third-order valence-corrected chi connectivity index (χ3v) is 1.52. The predicted octanol–water partition coefficient (Wildman–Crippen LogP) is -0.726. The summed E-state index contributed by atoms with van der Waals surface area (Å²) in [5.74, 6) is -0.479. The Bertz CT molecular complexity index is 182. The van der Waals surface area contributed by atoms with Gasteiger partial charge in [-0.05, 0) is 13.8 Å². The minimum absolute atomic E-state index is 0.000370. The average Bonchev–Trinajstić information content (AvgIpc) is 2.13. The number of hydrogen-bond acceptors (Lipinski definition) is 3. The molecule has 13 heavy (non-hydrogen) atoms. The third kappa shape index (κ3) is 5.19. The van der Waals surface area contributed by atoms with E-state index in [0.29, 0.717) is 6.54 Å². The second-order valence-electron chi connectivity index (χ2n) is 2.55. The van der Waals surface area contributed by atoms with E-state index in [1.165, 1.54) is 7.11 Å². The van der Waals surface area contributed by atoms with Crippen LogP contribution in [-0.2, 0) is 14.3 Å². The summed E-state index contributed by atoms with van der Waals surface area (Å²) in [6.07, 6.45) is -0.519. The van der Waals surface area contributed by atoms with Gasteiger partial charge < -0.3 is 15.4 Å². The molecule has 0 saturated heterocycles. The van der Waals surface area contributed by atoms with Crippen molar-refractivity contribution in [3.63, 3.8) is 0 Å². The average molecular weight is 188 g/mol. The van der Waals surface area contributed by atoms with Gasteiger partial charge in [0.25, 0.3) is 0 Å². The summed E-state index contributed by atoms with van der Waals surface area (Å²) in [6.45, 7) is 4.00. The van der Waals surface area contributed by atoms with E-state index in [4.69, 9.17) is 4.74 Å². The monoisotopic (exact) mass is 188 g/mol. The standard InChI is InChI=1S/C8H16N2O3/c1-4-9-7(11)5-10-8(12)6(2)13-3/h6H,4-5H2,1-3H3,(H,9,11)(H,10,12). The first-order chi connectivity index (χ1) is 6.11.